The molecule has 2 unspecified atom stereocenters. The van der Waals surface area contributed by atoms with E-state index in [2.05, 4.69) is 21.2 Å². The van der Waals surface area contributed by atoms with Crippen LogP contribution in [0.3, 0.4) is 0 Å². The molecule has 2 bridgehead atoms. The number of benzene rings is 1. The molecule has 0 radical (unpaired) electrons. The molecule has 2 aliphatic rings. The molecule has 3 N–H and O–H groups in total. The first-order chi connectivity index (χ1) is 10.9. The zero-order chi connectivity index (χ0) is 16.6. The molecule has 0 saturated heterocycles. The highest BCUT2D eigenvalue weighted by Crippen LogP contribution is 2.40. The highest BCUT2D eigenvalue weighted by Gasteiger charge is 2.42. The minimum Gasteiger partial charge on any atom is -0.352 e. The minimum atomic E-state index is -0.519. The van der Waals surface area contributed by atoms with Gasteiger partial charge in [0, 0.05) is 16.6 Å². The van der Waals surface area contributed by atoms with E-state index in [1.807, 2.05) is 38.1 Å². The minimum absolute atomic E-state index is 0. The van der Waals surface area contributed by atoms with Crippen LogP contribution in [0, 0.1) is 11.8 Å². The van der Waals surface area contributed by atoms with E-state index in [9.17, 15) is 4.79 Å². The third-order valence-electron chi connectivity index (χ3n) is 5.81. The Morgan fingerprint density at radius 1 is 1.17 bits per heavy atom. The number of rotatable bonds is 3. The Hall–Kier alpha value is -0.580. The number of nitrogens with one attached hydrogen (secondary N) is 1. The maximum Gasteiger partial charge on any atom is 0.230 e. The smallest absolute Gasteiger partial charge is 0.230 e. The van der Waals surface area contributed by atoms with Crippen LogP contribution in [-0.4, -0.2) is 18.0 Å². The largest absolute Gasteiger partial charge is 0.352 e. The molecule has 1 aromatic carbocycles. The number of halogens is 2. The van der Waals surface area contributed by atoms with Gasteiger partial charge in [0.15, 0.2) is 0 Å². The van der Waals surface area contributed by atoms with Crippen molar-refractivity contribution in [1.82, 2.24) is 5.32 Å². The predicted molar refractivity (Wildman–Crippen MR) is 104 cm³/mol. The monoisotopic (exact) mass is 414 g/mol. The number of hydrogen-bond donors (Lipinski definition) is 2. The van der Waals surface area contributed by atoms with E-state index in [4.69, 9.17) is 5.73 Å². The molecule has 1 aromatic rings. The Balaban J connectivity index is 0.00000208. The summed E-state index contributed by atoms with van der Waals surface area (Å²) in [6.07, 6.45) is 5.80. The molecule has 24 heavy (non-hydrogen) atoms. The van der Waals surface area contributed by atoms with E-state index in [0.29, 0.717) is 23.9 Å². The molecule has 134 valence electrons. The summed E-state index contributed by atoms with van der Waals surface area (Å²) in [5, 5.41) is 3.39. The highest BCUT2D eigenvalue weighted by molar-refractivity contribution is 9.10. The normalized spacial score (nSPS) is 29.5. The predicted octanol–water partition coefficient (Wildman–Crippen LogP) is 4.17. The second-order valence-electron chi connectivity index (χ2n) is 7.81. The summed E-state index contributed by atoms with van der Waals surface area (Å²) in [6, 6.07) is 8.68. The Morgan fingerprint density at radius 2 is 1.71 bits per heavy atom. The summed E-state index contributed by atoms with van der Waals surface area (Å²) in [5.74, 6) is 1.25. The number of fused-ring (bicyclic) bond motifs is 2. The lowest BCUT2D eigenvalue weighted by Gasteiger charge is -2.46. The maximum absolute atomic E-state index is 13.0. The van der Waals surface area contributed by atoms with Gasteiger partial charge in [0.2, 0.25) is 5.91 Å². The molecular weight excluding hydrogens is 388 g/mol. The van der Waals surface area contributed by atoms with Crippen LogP contribution in [0.25, 0.3) is 0 Å². The summed E-state index contributed by atoms with van der Waals surface area (Å²) < 4.78 is 1.04. The van der Waals surface area contributed by atoms with Crippen LogP contribution in [0.4, 0.5) is 0 Å². The van der Waals surface area contributed by atoms with Crippen LogP contribution in [-0.2, 0) is 10.2 Å². The van der Waals surface area contributed by atoms with E-state index in [0.717, 1.165) is 22.9 Å². The fourth-order valence-electron chi connectivity index (χ4n) is 4.35. The van der Waals surface area contributed by atoms with Gasteiger partial charge in [-0.3, -0.25) is 4.79 Å². The third kappa shape index (κ3) is 3.97. The first kappa shape index (κ1) is 19.7. The van der Waals surface area contributed by atoms with Gasteiger partial charge in [-0.05, 0) is 69.1 Å². The number of hydrogen-bond acceptors (Lipinski definition) is 2. The summed E-state index contributed by atoms with van der Waals surface area (Å²) >= 11 is 3.45. The Labute approximate surface area is 159 Å². The molecule has 2 aliphatic carbocycles. The van der Waals surface area contributed by atoms with Gasteiger partial charge in [-0.15, -0.1) is 12.4 Å². The maximum atomic E-state index is 13.0. The van der Waals surface area contributed by atoms with Crippen LogP contribution >= 0.6 is 28.3 Å². The lowest BCUT2D eigenvalue weighted by Crippen LogP contribution is -2.56. The fraction of sp³-hybridized carbons (Fsp3) is 0.632. The van der Waals surface area contributed by atoms with Crippen LogP contribution in [0.1, 0.15) is 51.5 Å². The van der Waals surface area contributed by atoms with Gasteiger partial charge < -0.3 is 11.1 Å². The van der Waals surface area contributed by atoms with Crippen molar-refractivity contribution < 1.29 is 4.79 Å². The molecule has 0 aliphatic heterocycles. The Kier molecular flexibility index (Phi) is 6.38. The van der Waals surface area contributed by atoms with Crippen molar-refractivity contribution in [2.75, 3.05) is 0 Å². The van der Waals surface area contributed by atoms with Crippen molar-refractivity contribution in [3.05, 3.63) is 34.3 Å². The molecule has 1 amide bonds. The van der Waals surface area contributed by atoms with Gasteiger partial charge in [0.1, 0.15) is 0 Å². The van der Waals surface area contributed by atoms with Crippen molar-refractivity contribution in [2.45, 2.75) is 63.5 Å². The molecule has 2 fully saturated rings. The first-order valence-corrected chi connectivity index (χ1v) is 9.50. The molecule has 0 spiro atoms. The highest BCUT2D eigenvalue weighted by atomic mass is 79.9. The van der Waals surface area contributed by atoms with Gasteiger partial charge >= 0.3 is 0 Å². The Bertz CT molecular complexity index is 561. The van der Waals surface area contributed by atoms with Gasteiger partial charge in [-0.1, -0.05) is 34.5 Å². The molecule has 3 rings (SSSR count). The summed E-state index contributed by atoms with van der Waals surface area (Å²) in [7, 11) is 0. The van der Waals surface area contributed by atoms with E-state index < -0.39 is 5.41 Å². The summed E-state index contributed by atoms with van der Waals surface area (Å²) in [5.41, 5.74) is 6.72. The summed E-state index contributed by atoms with van der Waals surface area (Å²) in [6.45, 7) is 4.02. The second-order valence-corrected chi connectivity index (χ2v) is 8.73. The standard InChI is InChI=1S/C19H27BrN2O.ClH/c1-19(2,14-6-8-15(20)9-7-14)18(23)22-17-12-4-3-5-13(17)11-16(21)10-12;/h6-9,12-13,16-17H,3-5,10-11,21H2,1-2H3,(H,22,23);1H. The average Bonchev–Trinajstić information content (AvgIpc) is 2.48. The van der Waals surface area contributed by atoms with Crippen LogP contribution in [0.15, 0.2) is 28.7 Å². The van der Waals surface area contributed by atoms with Crippen LogP contribution < -0.4 is 11.1 Å². The number of amides is 1. The fourth-order valence-corrected chi connectivity index (χ4v) is 4.62. The lowest BCUT2D eigenvalue weighted by molar-refractivity contribution is -0.128. The van der Waals surface area contributed by atoms with Crippen molar-refractivity contribution in [3.63, 3.8) is 0 Å². The molecule has 2 saturated carbocycles. The van der Waals surface area contributed by atoms with Crippen molar-refractivity contribution in [1.29, 1.82) is 0 Å². The molecule has 2 atom stereocenters. The SMILES string of the molecule is CC(C)(C(=O)NC1C2CCCC1CC(N)C2)c1ccc(Br)cc1.Cl. The Morgan fingerprint density at radius 3 is 2.25 bits per heavy atom. The first-order valence-electron chi connectivity index (χ1n) is 8.70. The molecule has 0 heterocycles. The topological polar surface area (TPSA) is 55.1 Å². The average molecular weight is 416 g/mol. The zero-order valence-corrected chi connectivity index (χ0v) is 16.8. The van der Waals surface area contributed by atoms with Crippen molar-refractivity contribution >= 4 is 34.2 Å². The lowest BCUT2D eigenvalue weighted by atomic mass is 9.66. The van der Waals surface area contributed by atoms with Gasteiger partial charge in [0.05, 0.1) is 5.41 Å². The quantitative estimate of drug-likeness (QED) is 0.778. The van der Waals surface area contributed by atoms with Gasteiger partial charge in [-0.2, -0.15) is 0 Å². The summed E-state index contributed by atoms with van der Waals surface area (Å²) in [4.78, 5) is 13.0. The van der Waals surface area contributed by atoms with Gasteiger partial charge in [-0.25, -0.2) is 0 Å². The number of nitrogens with two attached hydrogens (primary N) is 1. The van der Waals surface area contributed by atoms with Crippen molar-refractivity contribution in [3.8, 4) is 0 Å². The van der Waals surface area contributed by atoms with Crippen LogP contribution in [0.5, 0.6) is 0 Å². The van der Waals surface area contributed by atoms with E-state index >= 15 is 0 Å². The van der Waals surface area contributed by atoms with Crippen LogP contribution in [0.2, 0.25) is 0 Å². The molecule has 0 aromatic heterocycles. The molecule has 5 heteroatoms. The van der Waals surface area contributed by atoms with E-state index in [1.165, 1.54) is 19.3 Å². The molecular formula is C19H28BrClN2O. The number of carbonyl (C=O) groups is 1. The van der Waals surface area contributed by atoms with E-state index in [1.54, 1.807) is 0 Å². The third-order valence-corrected chi connectivity index (χ3v) is 6.34. The second kappa shape index (κ2) is 7.76. The van der Waals surface area contributed by atoms with Crippen molar-refractivity contribution in [2.24, 2.45) is 17.6 Å². The zero-order valence-electron chi connectivity index (χ0n) is 14.4. The van der Waals surface area contributed by atoms with E-state index in [-0.39, 0.29) is 18.3 Å². The number of carbonyl (C=O) groups excluding carboxylic acids is 1. The van der Waals surface area contributed by atoms with Gasteiger partial charge in [0.25, 0.3) is 0 Å². The molecule has 3 nitrogen and oxygen atoms in total.